The Bertz CT molecular complexity index is 863. The van der Waals surface area contributed by atoms with Gasteiger partial charge in [0.25, 0.3) is 0 Å². The number of benzene rings is 1. The lowest BCUT2D eigenvalue weighted by Gasteiger charge is -2.06. The third kappa shape index (κ3) is 2.55. The molecule has 6 heteroatoms. The van der Waals surface area contributed by atoms with E-state index in [0.29, 0.717) is 22.6 Å². The number of carboxylic acid groups (broad SMARTS) is 1. The highest BCUT2D eigenvalue weighted by Gasteiger charge is 2.12. The van der Waals surface area contributed by atoms with Crippen molar-refractivity contribution < 1.29 is 14.6 Å². The summed E-state index contributed by atoms with van der Waals surface area (Å²) in [6.07, 6.45) is 3.16. The van der Waals surface area contributed by atoms with Crippen LogP contribution in [0, 0.1) is 6.57 Å². The van der Waals surface area contributed by atoms with Gasteiger partial charge in [0.2, 0.25) is 0 Å². The Morgan fingerprint density at radius 1 is 1.29 bits per heavy atom. The smallest absolute Gasteiger partial charge is 0.345 e. The Morgan fingerprint density at radius 3 is 2.71 bits per heavy atom. The predicted molar refractivity (Wildman–Crippen MR) is 79.4 cm³/mol. The molecule has 21 heavy (non-hydrogen) atoms. The quantitative estimate of drug-likeness (QED) is 0.730. The topological polar surface area (TPSA) is 63.8 Å². The number of ether oxygens (including phenoxy) is 1. The van der Waals surface area contributed by atoms with Crippen LogP contribution in [0.15, 0.2) is 42.7 Å². The van der Waals surface area contributed by atoms with E-state index >= 15 is 0 Å². The van der Waals surface area contributed by atoms with E-state index in [1.54, 1.807) is 42.7 Å². The molecule has 5 nitrogen and oxygen atoms in total. The molecule has 0 aliphatic heterocycles. The second-order valence-corrected chi connectivity index (χ2v) is 5.26. The maximum atomic E-state index is 11.0. The van der Waals surface area contributed by atoms with E-state index in [2.05, 4.69) is 9.83 Å². The minimum atomic E-state index is -0.969. The third-order valence-electron chi connectivity index (χ3n) is 2.81. The van der Waals surface area contributed by atoms with Crippen molar-refractivity contribution in [3.63, 3.8) is 0 Å². The number of hydrogen-bond donors (Lipinski definition) is 1. The number of nitrogens with zero attached hydrogens (tertiary/aromatic N) is 2. The van der Waals surface area contributed by atoms with Crippen LogP contribution in [-0.2, 0) is 0 Å². The molecular weight excluding hydrogens is 288 g/mol. The number of pyridine rings is 1. The molecular formula is C15H8N2O3S. The van der Waals surface area contributed by atoms with Gasteiger partial charge >= 0.3 is 5.97 Å². The molecule has 2 heterocycles. The van der Waals surface area contributed by atoms with Crippen LogP contribution in [0.2, 0.25) is 0 Å². The summed E-state index contributed by atoms with van der Waals surface area (Å²) in [5.41, 5.74) is 0.530. The highest BCUT2D eigenvalue weighted by Crippen LogP contribution is 2.34. The summed E-state index contributed by atoms with van der Waals surface area (Å²) < 4.78 is 6.49. The van der Waals surface area contributed by atoms with Gasteiger partial charge in [-0.15, -0.1) is 11.3 Å². The summed E-state index contributed by atoms with van der Waals surface area (Å²) in [5, 5.41) is 9.76. The second kappa shape index (κ2) is 5.23. The average molecular weight is 296 g/mol. The number of aromatic carboxylic acids is 1. The van der Waals surface area contributed by atoms with E-state index < -0.39 is 5.97 Å². The standard InChI is InChI=1S/C15H8N2O3S/c1-16-9-2-4-10(5-3-9)20-12-7-17-8-14-11(12)6-13(21-14)15(18)19/h2-8H,(H,18,19). The SMILES string of the molecule is [C-]#[N+]c1ccc(Oc2cncc3sc(C(=O)O)cc23)cc1. The summed E-state index contributed by atoms with van der Waals surface area (Å²) in [6.45, 7) is 6.91. The molecule has 0 aliphatic carbocycles. The largest absolute Gasteiger partial charge is 0.477 e. The predicted octanol–water partition coefficient (Wildman–Crippen LogP) is 4.34. The monoisotopic (exact) mass is 296 g/mol. The highest BCUT2D eigenvalue weighted by atomic mass is 32.1. The summed E-state index contributed by atoms with van der Waals surface area (Å²) in [7, 11) is 0. The zero-order valence-electron chi connectivity index (χ0n) is 10.6. The molecule has 1 N–H and O–H groups in total. The van der Waals surface area contributed by atoms with Gasteiger partial charge in [0.15, 0.2) is 11.4 Å². The first-order valence-electron chi connectivity index (χ1n) is 5.93. The van der Waals surface area contributed by atoms with Gasteiger partial charge in [-0.2, -0.15) is 0 Å². The second-order valence-electron chi connectivity index (χ2n) is 4.17. The van der Waals surface area contributed by atoms with Crippen LogP contribution in [0.1, 0.15) is 9.67 Å². The van der Waals surface area contributed by atoms with Crippen LogP contribution in [0.3, 0.4) is 0 Å². The number of fused-ring (bicyclic) bond motifs is 1. The number of hydrogen-bond acceptors (Lipinski definition) is 4. The summed E-state index contributed by atoms with van der Waals surface area (Å²) in [6, 6.07) is 8.28. The number of carboxylic acids is 1. The first kappa shape index (κ1) is 13.1. The molecule has 0 saturated carbocycles. The molecule has 0 unspecified atom stereocenters. The Hall–Kier alpha value is -2.91. The number of aromatic nitrogens is 1. The molecule has 0 aliphatic rings. The van der Waals surface area contributed by atoms with Gasteiger partial charge in [-0.1, -0.05) is 12.1 Å². The van der Waals surface area contributed by atoms with E-state index in [4.69, 9.17) is 16.4 Å². The van der Waals surface area contributed by atoms with Crippen LogP contribution >= 0.6 is 11.3 Å². The normalized spacial score (nSPS) is 10.2. The molecule has 0 bridgehead atoms. The maximum Gasteiger partial charge on any atom is 0.345 e. The van der Waals surface area contributed by atoms with Crippen molar-refractivity contribution in [3.8, 4) is 11.5 Å². The van der Waals surface area contributed by atoms with Crippen molar-refractivity contribution in [1.29, 1.82) is 0 Å². The molecule has 0 fully saturated rings. The van der Waals surface area contributed by atoms with E-state index in [1.165, 1.54) is 0 Å². The molecule has 0 radical (unpaired) electrons. The van der Waals surface area contributed by atoms with Crippen LogP contribution in [0.25, 0.3) is 14.9 Å². The van der Waals surface area contributed by atoms with Gasteiger partial charge < -0.3 is 9.84 Å². The van der Waals surface area contributed by atoms with Crippen molar-refractivity contribution in [2.45, 2.75) is 0 Å². The van der Waals surface area contributed by atoms with Crippen LogP contribution < -0.4 is 4.74 Å². The summed E-state index contributed by atoms with van der Waals surface area (Å²) >= 11 is 1.15. The van der Waals surface area contributed by atoms with Crippen molar-refractivity contribution in [2.24, 2.45) is 0 Å². The van der Waals surface area contributed by atoms with Crippen molar-refractivity contribution in [3.05, 3.63) is 59.0 Å². The lowest BCUT2D eigenvalue weighted by molar-refractivity contribution is 0.0702. The fraction of sp³-hybridized carbons (Fsp3) is 0. The summed E-state index contributed by atoms with van der Waals surface area (Å²) in [5.74, 6) is 0.0927. The third-order valence-corrected chi connectivity index (χ3v) is 3.87. The minimum Gasteiger partial charge on any atom is -0.477 e. The Labute approximate surface area is 123 Å². The van der Waals surface area contributed by atoms with Crippen LogP contribution in [0.4, 0.5) is 5.69 Å². The molecule has 0 amide bonds. The Balaban J connectivity index is 1.99. The van der Waals surface area contributed by atoms with Gasteiger partial charge in [-0.25, -0.2) is 9.64 Å². The first-order valence-corrected chi connectivity index (χ1v) is 6.75. The molecule has 3 aromatic rings. The summed E-state index contributed by atoms with van der Waals surface area (Å²) in [4.78, 5) is 18.6. The van der Waals surface area contributed by atoms with Crippen molar-refractivity contribution in [1.82, 2.24) is 4.98 Å². The fourth-order valence-electron chi connectivity index (χ4n) is 1.84. The van der Waals surface area contributed by atoms with Crippen LogP contribution in [0.5, 0.6) is 11.5 Å². The molecule has 2 aromatic heterocycles. The van der Waals surface area contributed by atoms with E-state index in [9.17, 15) is 4.79 Å². The lowest BCUT2D eigenvalue weighted by atomic mass is 10.2. The number of thiophene rings is 1. The molecule has 1 aromatic carbocycles. The van der Waals surface area contributed by atoms with Crippen molar-refractivity contribution >= 4 is 33.1 Å². The molecule has 0 spiro atoms. The highest BCUT2D eigenvalue weighted by molar-refractivity contribution is 7.20. The maximum absolute atomic E-state index is 11.0. The molecule has 0 atom stereocenters. The Kier molecular flexibility index (Phi) is 3.26. The van der Waals surface area contributed by atoms with Crippen LogP contribution in [-0.4, -0.2) is 16.1 Å². The average Bonchev–Trinajstić information content (AvgIpc) is 2.93. The first-order chi connectivity index (χ1) is 10.2. The van der Waals surface area contributed by atoms with Crippen molar-refractivity contribution in [2.75, 3.05) is 0 Å². The van der Waals surface area contributed by atoms with E-state index in [-0.39, 0.29) is 4.88 Å². The minimum absolute atomic E-state index is 0.242. The van der Waals surface area contributed by atoms with Gasteiger partial charge in [-0.05, 0) is 18.2 Å². The van der Waals surface area contributed by atoms with Gasteiger partial charge in [0, 0.05) is 11.6 Å². The lowest BCUT2D eigenvalue weighted by Crippen LogP contribution is -1.89. The van der Waals surface area contributed by atoms with E-state index in [1.807, 2.05) is 0 Å². The molecule has 0 saturated heterocycles. The fourth-order valence-corrected chi connectivity index (χ4v) is 2.72. The molecule has 102 valence electrons. The molecule has 3 rings (SSSR count). The van der Waals surface area contributed by atoms with Gasteiger partial charge in [-0.3, -0.25) is 4.98 Å². The van der Waals surface area contributed by atoms with E-state index in [0.717, 1.165) is 16.0 Å². The zero-order chi connectivity index (χ0) is 14.8. The van der Waals surface area contributed by atoms with Gasteiger partial charge in [0.1, 0.15) is 10.6 Å². The Morgan fingerprint density at radius 2 is 2.05 bits per heavy atom. The number of carbonyl (C=O) groups is 1. The number of rotatable bonds is 3. The van der Waals surface area contributed by atoms with Gasteiger partial charge in [0.05, 0.1) is 17.5 Å². The zero-order valence-corrected chi connectivity index (χ0v) is 11.4.